The van der Waals surface area contributed by atoms with E-state index in [1.54, 1.807) is 35.2 Å². The van der Waals surface area contributed by atoms with Crippen LogP contribution >= 0.6 is 0 Å². The number of nitrogens with zero attached hydrogens (tertiary/aromatic N) is 1. The second-order valence-electron chi connectivity index (χ2n) is 8.93. The smallest absolute Gasteiger partial charge is 0.410 e. The number of aliphatic hydroxyl groups excluding tert-OH is 1. The third kappa shape index (κ3) is 5.61. The predicted octanol–water partition coefficient (Wildman–Crippen LogP) is 3.42. The minimum atomic E-state index is -0.906. The van der Waals surface area contributed by atoms with Crippen LogP contribution < -0.4 is 10.5 Å². The summed E-state index contributed by atoms with van der Waals surface area (Å²) in [6, 6.07) is 6.28. The lowest BCUT2D eigenvalue weighted by molar-refractivity contribution is -0.152. The lowest BCUT2D eigenvalue weighted by atomic mass is 9.70. The molecule has 1 fully saturated rings. The van der Waals surface area contributed by atoms with E-state index in [-0.39, 0.29) is 19.1 Å². The first-order valence-corrected chi connectivity index (χ1v) is 10.3. The number of aliphatic hydroxyl groups is 1. The highest BCUT2D eigenvalue weighted by molar-refractivity contribution is 5.81. The first kappa shape index (κ1) is 23.9. The first-order valence-electron chi connectivity index (χ1n) is 10.3. The first-order chi connectivity index (χ1) is 14.0. The second kappa shape index (κ2) is 9.62. The van der Waals surface area contributed by atoms with E-state index >= 15 is 0 Å². The molecule has 0 radical (unpaired) electrons. The Labute approximate surface area is 178 Å². The molecule has 2 unspecified atom stereocenters. The summed E-state index contributed by atoms with van der Waals surface area (Å²) in [7, 11) is 0. The Hall–Kier alpha value is -2.38. The molecule has 1 aromatic carbocycles. The molecule has 0 saturated carbocycles. The van der Waals surface area contributed by atoms with E-state index in [4.69, 9.17) is 15.2 Å². The van der Waals surface area contributed by atoms with E-state index in [2.05, 4.69) is 6.58 Å². The van der Waals surface area contributed by atoms with E-state index in [0.717, 1.165) is 5.56 Å². The lowest BCUT2D eigenvalue weighted by Gasteiger charge is -2.43. The highest BCUT2D eigenvalue weighted by atomic mass is 16.6. The minimum Gasteiger partial charge on any atom is -0.444 e. The number of benzene rings is 1. The maximum Gasteiger partial charge on any atom is 0.410 e. The topological polar surface area (TPSA) is 102 Å². The van der Waals surface area contributed by atoms with Gasteiger partial charge in [-0.15, -0.1) is 6.58 Å². The molecule has 166 valence electrons. The van der Waals surface area contributed by atoms with Crippen molar-refractivity contribution in [3.05, 3.63) is 42.5 Å². The molecule has 1 heterocycles. The van der Waals surface area contributed by atoms with Gasteiger partial charge in [-0.2, -0.15) is 0 Å². The number of likely N-dealkylation sites (tertiary alicyclic amines) is 1. The molecule has 1 saturated heterocycles. The normalized spacial score (nSPS) is 21.5. The van der Waals surface area contributed by atoms with Crippen molar-refractivity contribution in [3.63, 3.8) is 0 Å². The second-order valence-corrected chi connectivity index (χ2v) is 8.93. The van der Waals surface area contributed by atoms with Gasteiger partial charge in [0.25, 0.3) is 0 Å². The molecule has 1 amide bonds. The third-order valence-corrected chi connectivity index (χ3v) is 5.52. The lowest BCUT2D eigenvalue weighted by Crippen LogP contribution is -2.54. The van der Waals surface area contributed by atoms with Crippen LogP contribution in [0.25, 0.3) is 0 Å². The summed E-state index contributed by atoms with van der Waals surface area (Å²) in [6.07, 6.45) is 2.55. The Kier molecular flexibility index (Phi) is 7.66. The number of rotatable bonds is 6. The van der Waals surface area contributed by atoms with Gasteiger partial charge in [-0.1, -0.05) is 25.1 Å². The van der Waals surface area contributed by atoms with Gasteiger partial charge in [-0.3, -0.25) is 4.79 Å². The van der Waals surface area contributed by atoms with Gasteiger partial charge in [-0.25, -0.2) is 4.79 Å². The van der Waals surface area contributed by atoms with E-state index in [1.165, 1.54) is 0 Å². The molecule has 0 spiro atoms. The number of allylic oxidation sites excluding steroid dienone is 1. The molecule has 7 heteroatoms. The maximum absolute atomic E-state index is 13.3. The molecule has 0 aromatic heterocycles. The van der Waals surface area contributed by atoms with Crippen LogP contribution in [0, 0.1) is 11.3 Å². The van der Waals surface area contributed by atoms with Crippen LogP contribution in [0.5, 0.6) is 5.75 Å². The molecule has 1 aliphatic rings. The summed E-state index contributed by atoms with van der Waals surface area (Å²) >= 11 is 0. The fourth-order valence-electron chi connectivity index (χ4n) is 3.61. The quantitative estimate of drug-likeness (QED) is 0.417. The number of hydrogen-bond donors (Lipinski definition) is 2. The average Bonchev–Trinajstić information content (AvgIpc) is 2.71. The van der Waals surface area contributed by atoms with Gasteiger partial charge in [0.1, 0.15) is 11.4 Å². The van der Waals surface area contributed by atoms with Gasteiger partial charge < -0.3 is 25.2 Å². The number of piperidine rings is 1. The zero-order chi connectivity index (χ0) is 22.5. The van der Waals surface area contributed by atoms with Crippen LogP contribution in [0.15, 0.2) is 36.9 Å². The number of carbonyl (C=O) groups excluding carboxylic acids is 2. The van der Waals surface area contributed by atoms with E-state index < -0.39 is 29.1 Å². The van der Waals surface area contributed by atoms with E-state index in [1.807, 2.05) is 27.7 Å². The minimum absolute atomic E-state index is 0.167. The number of hydrogen-bond acceptors (Lipinski definition) is 6. The molecule has 3 N–H and O–H groups in total. The number of esters is 1. The summed E-state index contributed by atoms with van der Waals surface area (Å²) in [6.45, 7) is 11.8. The van der Waals surface area contributed by atoms with E-state index in [0.29, 0.717) is 25.1 Å². The van der Waals surface area contributed by atoms with Crippen molar-refractivity contribution >= 4 is 12.1 Å². The number of amides is 1. The average molecular weight is 419 g/mol. The molecule has 2 rings (SSSR count). The monoisotopic (exact) mass is 418 g/mol. The highest BCUT2D eigenvalue weighted by Gasteiger charge is 2.48. The van der Waals surface area contributed by atoms with Gasteiger partial charge in [0.15, 0.2) is 0 Å². The molecule has 1 aromatic rings. The Morgan fingerprint density at radius 1 is 1.33 bits per heavy atom. The number of ether oxygens (including phenoxy) is 2. The van der Waals surface area contributed by atoms with Crippen molar-refractivity contribution < 1.29 is 24.2 Å². The summed E-state index contributed by atoms with van der Waals surface area (Å²) in [5, 5.41) is 9.17. The molecule has 1 aliphatic heterocycles. The maximum atomic E-state index is 13.3. The van der Waals surface area contributed by atoms with Crippen molar-refractivity contribution in [1.82, 2.24) is 4.90 Å². The van der Waals surface area contributed by atoms with Crippen molar-refractivity contribution in [2.24, 2.45) is 17.1 Å². The highest BCUT2D eigenvalue weighted by Crippen LogP contribution is 2.40. The van der Waals surface area contributed by atoms with Crippen molar-refractivity contribution in [3.8, 4) is 5.75 Å². The summed E-state index contributed by atoms with van der Waals surface area (Å²) < 4.78 is 11.2. The SMILES string of the molecule is C=CC(C)C1(C(=O)Oc2ccc([C@H](N)CO)cc2)CCCN(C(=O)OC(C)(C)C)C1. The van der Waals surface area contributed by atoms with Crippen LogP contribution in [0.2, 0.25) is 0 Å². The van der Waals surface area contributed by atoms with Gasteiger partial charge >= 0.3 is 12.1 Å². The molecule has 7 nitrogen and oxygen atoms in total. The molecule has 0 bridgehead atoms. The molecule has 0 aliphatic carbocycles. The molecule has 3 atom stereocenters. The van der Waals surface area contributed by atoms with E-state index in [9.17, 15) is 14.7 Å². The van der Waals surface area contributed by atoms with Crippen LogP contribution in [0.4, 0.5) is 4.79 Å². The van der Waals surface area contributed by atoms with Crippen LogP contribution in [0.3, 0.4) is 0 Å². The largest absolute Gasteiger partial charge is 0.444 e. The Balaban J connectivity index is 2.22. The zero-order valence-corrected chi connectivity index (χ0v) is 18.4. The van der Waals surface area contributed by atoms with Gasteiger partial charge in [0.05, 0.1) is 18.1 Å². The molecular formula is C23H34N2O5. The predicted molar refractivity (Wildman–Crippen MR) is 115 cm³/mol. The third-order valence-electron chi connectivity index (χ3n) is 5.52. The van der Waals surface area contributed by atoms with Crippen molar-refractivity contribution in [2.75, 3.05) is 19.7 Å². The fraction of sp³-hybridized carbons (Fsp3) is 0.565. The number of carbonyl (C=O) groups is 2. The summed E-state index contributed by atoms with van der Waals surface area (Å²) in [5.41, 5.74) is 5.04. The fourth-order valence-corrected chi connectivity index (χ4v) is 3.61. The Morgan fingerprint density at radius 3 is 2.50 bits per heavy atom. The van der Waals surface area contributed by atoms with Crippen molar-refractivity contribution in [1.29, 1.82) is 0 Å². The standard InChI is InChI=1S/C23H34N2O5/c1-6-16(2)23(12-7-13-25(15-23)21(28)30-22(3,4)5)20(27)29-18-10-8-17(9-11-18)19(24)14-26/h6,8-11,16,19,26H,1,7,12-15,24H2,2-5H3/t16?,19-,23?/m1/s1. The van der Waals surface area contributed by atoms with Gasteiger partial charge in [0, 0.05) is 13.1 Å². The summed E-state index contributed by atoms with van der Waals surface area (Å²) in [4.78, 5) is 27.5. The van der Waals surface area contributed by atoms with Crippen molar-refractivity contribution in [2.45, 2.75) is 52.2 Å². The Morgan fingerprint density at radius 2 is 1.97 bits per heavy atom. The summed E-state index contributed by atoms with van der Waals surface area (Å²) in [5.74, 6) is -0.210. The van der Waals surface area contributed by atoms with Crippen LogP contribution in [-0.4, -0.2) is 47.4 Å². The molecule has 30 heavy (non-hydrogen) atoms. The van der Waals surface area contributed by atoms with Gasteiger partial charge in [-0.05, 0) is 57.2 Å². The van der Waals surface area contributed by atoms with Crippen LogP contribution in [0.1, 0.15) is 52.1 Å². The van der Waals surface area contributed by atoms with Gasteiger partial charge in [0.2, 0.25) is 0 Å². The molecular weight excluding hydrogens is 384 g/mol. The number of nitrogens with two attached hydrogens (primary N) is 1. The Bertz CT molecular complexity index is 756. The zero-order valence-electron chi connectivity index (χ0n) is 18.4. The van der Waals surface area contributed by atoms with Crippen LogP contribution in [-0.2, 0) is 9.53 Å².